The van der Waals surface area contributed by atoms with Crippen LogP contribution >= 0.6 is 0 Å². The molecular formula is C19H24N4O2. The molecule has 1 atom stereocenters. The van der Waals surface area contributed by atoms with Crippen LogP contribution in [0.3, 0.4) is 0 Å². The van der Waals surface area contributed by atoms with Gasteiger partial charge in [0.1, 0.15) is 11.1 Å². The molecule has 0 aliphatic carbocycles. The molecule has 1 aromatic carbocycles. The number of aromatic nitrogens is 1. The van der Waals surface area contributed by atoms with Crippen molar-refractivity contribution in [2.24, 2.45) is 0 Å². The molecule has 2 heterocycles. The van der Waals surface area contributed by atoms with E-state index in [0.717, 1.165) is 42.9 Å². The third-order valence-electron chi connectivity index (χ3n) is 5.01. The normalized spacial score (nSPS) is 18.9. The minimum absolute atomic E-state index is 0.0373. The van der Waals surface area contributed by atoms with Gasteiger partial charge < -0.3 is 9.32 Å². The molecule has 1 aliphatic heterocycles. The summed E-state index contributed by atoms with van der Waals surface area (Å²) in [6, 6.07) is 9.94. The van der Waals surface area contributed by atoms with Crippen LogP contribution < -0.4 is 0 Å². The number of fused-ring (bicyclic) bond motifs is 1. The van der Waals surface area contributed by atoms with E-state index in [1.54, 1.807) is 20.9 Å². The molecule has 0 bridgehead atoms. The lowest BCUT2D eigenvalue weighted by Crippen LogP contribution is -2.49. The highest BCUT2D eigenvalue weighted by molar-refractivity contribution is 5.79. The Bertz CT molecular complexity index is 772. The second-order valence-corrected chi connectivity index (χ2v) is 7.22. The maximum atomic E-state index is 12.5. The molecule has 0 saturated carbocycles. The zero-order valence-corrected chi connectivity index (χ0v) is 15.0. The number of hydrogen-bond donors (Lipinski definition) is 0. The van der Waals surface area contributed by atoms with Gasteiger partial charge in [-0.05, 0) is 45.4 Å². The molecule has 1 aliphatic rings. The quantitative estimate of drug-likeness (QED) is 0.855. The van der Waals surface area contributed by atoms with E-state index in [1.165, 1.54) is 4.90 Å². The molecule has 0 radical (unpaired) electrons. The number of benzene rings is 1. The van der Waals surface area contributed by atoms with Crippen LogP contribution in [-0.4, -0.2) is 52.9 Å². The molecule has 0 unspecified atom stereocenters. The molecule has 6 heteroatoms. The van der Waals surface area contributed by atoms with Gasteiger partial charge in [-0.2, -0.15) is 5.26 Å². The third-order valence-corrected chi connectivity index (χ3v) is 5.01. The molecule has 1 amide bonds. The van der Waals surface area contributed by atoms with Crippen LogP contribution in [0.2, 0.25) is 0 Å². The molecule has 1 fully saturated rings. The van der Waals surface area contributed by atoms with Crippen LogP contribution in [0.5, 0.6) is 0 Å². The number of likely N-dealkylation sites (tertiary alicyclic amines) is 1. The second-order valence-electron chi connectivity index (χ2n) is 7.22. The fourth-order valence-corrected chi connectivity index (χ4v) is 3.15. The van der Waals surface area contributed by atoms with Gasteiger partial charge in [-0.1, -0.05) is 12.1 Å². The fourth-order valence-electron chi connectivity index (χ4n) is 3.15. The van der Waals surface area contributed by atoms with Crippen molar-refractivity contribution in [2.45, 2.75) is 38.1 Å². The van der Waals surface area contributed by atoms with E-state index < -0.39 is 5.54 Å². The minimum Gasteiger partial charge on any atom is -0.440 e. The van der Waals surface area contributed by atoms with Crippen LogP contribution in [0, 0.1) is 11.3 Å². The second kappa shape index (κ2) is 6.85. The first-order valence-electron chi connectivity index (χ1n) is 8.66. The summed E-state index contributed by atoms with van der Waals surface area (Å²) in [5.74, 6) is 0.914. The molecule has 0 spiro atoms. The van der Waals surface area contributed by atoms with Gasteiger partial charge >= 0.3 is 0 Å². The summed E-state index contributed by atoms with van der Waals surface area (Å²) in [4.78, 5) is 20.8. The van der Waals surface area contributed by atoms with Gasteiger partial charge in [-0.15, -0.1) is 0 Å². The van der Waals surface area contributed by atoms with Gasteiger partial charge in [0.2, 0.25) is 5.91 Å². The molecule has 6 nitrogen and oxygen atoms in total. The van der Waals surface area contributed by atoms with Crippen molar-refractivity contribution >= 4 is 17.0 Å². The average molecular weight is 340 g/mol. The molecule has 1 aromatic heterocycles. The fraction of sp³-hybridized carbons (Fsp3) is 0.526. The van der Waals surface area contributed by atoms with E-state index in [2.05, 4.69) is 16.0 Å². The zero-order valence-electron chi connectivity index (χ0n) is 15.0. The Labute approximate surface area is 148 Å². The lowest BCUT2D eigenvalue weighted by molar-refractivity contribution is -0.134. The maximum Gasteiger partial charge on any atom is 0.237 e. The van der Waals surface area contributed by atoms with Crippen molar-refractivity contribution in [2.75, 3.05) is 26.7 Å². The number of hydrogen-bond acceptors (Lipinski definition) is 5. The number of rotatable bonds is 4. The summed E-state index contributed by atoms with van der Waals surface area (Å²) in [5, 5.41) is 9.20. The van der Waals surface area contributed by atoms with Crippen molar-refractivity contribution in [1.82, 2.24) is 14.8 Å². The predicted octanol–water partition coefficient (Wildman–Crippen LogP) is 2.77. The highest BCUT2D eigenvalue weighted by Gasteiger charge is 2.31. The maximum absolute atomic E-state index is 12.5. The van der Waals surface area contributed by atoms with Gasteiger partial charge in [0.05, 0.1) is 12.6 Å². The largest absolute Gasteiger partial charge is 0.440 e. The van der Waals surface area contributed by atoms with E-state index in [-0.39, 0.29) is 11.8 Å². The van der Waals surface area contributed by atoms with Crippen LogP contribution in [0.15, 0.2) is 28.7 Å². The van der Waals surface area contributed by atoms with Gasteiger partial charge in [-0.25, -0.2) is 4.98 Å². The number of piperidine rings is 1. The number of oxazole rings is 1. The van der Waals surface area contributed by atoms with Crippen LogP contribution in [0.25, 0.3) is 11.1 Å². The standard InChI is InChI=1S/C19H24N4O2/c1-19(2,13-20)22(3)17(24)12-23-10-6-7-14(11-23)18-21-15-8-4-5-9-16(15)25-18/h4-5,8-9,14H,6-7,10-12H2,1-3H3/t14-/m0/s1. The number of carbonyl (C=O) groups is 1. The summed E-state index contributed by atoms with van der Waals surface area (Å²) in [5.41, 5.74) is 0.884. The van der Waals surface area contributed by atoms with E-state index in [0.29, 0.717) is 6.54 Å². The summed E-state index contributed by atoms with van der Waals surface area (Å²) < 4.78 is 5.90. The number of likely N-dealkylation sites (N-methyl/N-ethyl adjacent to an activating group) is 1. The minimum atomic E-state index is -0.799. The summed E-state index contributed by atoms with van der Waals surface area (Å²) in [7, 11) is 1.69. The van der Waals surface area contributed by atoms with E-state index in [9.17, 15) is 10.1 Å². The average Bonchev–Trinajstić information content (AvgIpc) is 3.05. The Morgan fingerprint density at radius 3 is 2.96 bits per heavy atom. The first kappa shape index (κ1) is 17.4. The number of nitriles is 1. The highest BCUT2D eigenvalue weighted by Crippen LogP contribution is 2.29. The predicted molar refractivity (Wildman–Crippen MR) is 94.9 cm³/mol. The number of nitrogens with zero attached hydrogens (tertiary/aromatic N) is 4. The molecule has 25 heavy (non-hydrogen) atoms. The molecule has 132 valence electrons. The van der Waals surface area contributed by atoms with Gasteiger partial charge in [0.15, 0.2) is 11.5 Å². The number of carbonyl (C=O) groups excluding carboxylic acids is 1. The Morgan fingerprint density at radius 2 is 2.24 bits per heavy atom. The summed E-state index contributed by atoms with van der Waals surface area (Å²) in [6.45, 7) is 5.45. The Hall–Kier alpha value is -2.39. The Balaban J connectivity index is 1.67. The van der Waals surface area contributed by atoms with Crippen molar-refractivity contribution in [3.8, 4) is 6.07 Å². The van der Waals surface area contributed by atoms with E-state index >= 15 is 0 Å². The Kier molecular flexibility index (Phi) is 4.78. The highest BCUT2D eigenvalue weighted by atomic mass is 16.3. The summed E-state index contributed by atoms with van der Waals surface area (Å²) >= 11 is 0. The SMILES string of the molecule is CN(C(=O)CN1CCC[C@H](c2nc3ccccc3o2)C1)C(C)(C)C#N. The molecule has 0 N–H and O–H groups in total. The van der Waals surface area contributed by atoms with Crippen LogP contribution in [0.4, 0.5) is 0 Å². The topological polar surface area (TPSA) is 73.4 Å². The molecule has 3 rings (SSSR count). The van der Waals surface area contributed by atoms with Crippen LogP contribution in [-0.2, 0) is 4.79 Å². The molecule has 2 aromatic rings. The molecular weight excluding hydrogens is 316 g/mol. The number of para-hydroxylation sites is 2. The van der Waals surface area contributed by atoms with Crippen molar-refractivity contribution in [3.63, 3.8) is 0 Å². The first-order valence-corrected chi connectivity index (χ1v) is 8.66. The van der Waals surface area contributed by atoms with E-state index in [1.807, 2.05) is 24.3 Å². The van der Waals surface area contributed by atoms with Gasteiger partial charge in [-0.3, -0.25) is 9.69 Å². The lowest BCUT2D eigenvalue weighted by atomic mass is 9.98. The van der Waals surface area contributed by atoms with Crippen molar-refractivity contribution in [1.29, 1.82) is 5.26 Å². The van der Waals surface area contributed by atoms with Crippen LogP contribution in [0.1, 0.15) is 38.5 Å². The first-order chi connectivity index (χ1) is 11.9. The lowest BCUT2D eigenvalue weighted by Gasteiger charge is -2.34. The zero-order chi connectivity index (χ0) is 18.0. The summed E-state index contributed by atoms with van der Waals surface area (Å²) in [6.07, 6.45) is 2.01. The van der Waals surface area contributed by atoms with Crippen molar-refractivity contribution < 1.29 is 9.21 Å². The Morgan fingerprint density at radius 1 is 1.48 bits per heavy atom. The molecule has 1 saturated heterocycles. The van der Waals surface area contributed by atoms with E-state index in [4.69, 9.17) is 4.42 Å². The monoisotopic (exact) mass is 340 g/mol. The van der Waals surface area contributed by atoms with Crippen molar-refractivity contribution in [3.05, 3.63) is 30.2 Å². The van der Waals surface area contributed by atoms with Gasteiger partial charge in [0.25, 0.3) is 0 Å². The third kappa shape index (κ3) is 3.67. The number of amides is 1. The smallest absolute Gasteiger partial charge is 0.237 e. The van der Waals surface area contributed by atoms with Gasteiger partial charge in [0, 0.05) is 19.5 Å².